The predicted octanol–water partition coefficient (Wildman–Crippen LogP) is 1.45. The number of carbonyl (C=O) groups excluding carboxylic acids is 1. The molecule has 0 spiro atoms. The summed E-state index contributed by atoms with van der Waals surface area (Å²) < 4.78 is 52.6. The lowest BCUT2D eigenvalue weighted by Gasteiger charge is -2.28. The van der Waals surface area contributed by atoms with E-state index in [1.54, 1.807) is 66.5 Å². The van der Waals surface area contributed by atoms with Crippen molar-refractivity contribution in [3.05, 3.63) is 71.4 Å². The van der Waals surface area contributed by atoms with Crippen LogP contribution in [0.4, 0.5) is 17.2 Å². The monoisotopic (exact) mass is 475 g/mol. The van der Waals surface area contributed by atoms with Crippen LogP contribution in [-0.2, 0) is 37.3 Å². The van der Waals surface area contributed by atoms with Gasteiger partial charge in [-0.2, -0.15) is 5.10 Å². The van der Waals surface area contributed by atoms with E-state index >= 15 is 0 Å². The maximum atomic E-state index is 13.4. The first-order chi connectivity index (χ1) is 14.9. The molecule has 32 heavy (non-hydrogen) atoms. The second-order valence-electron chi connectivity index (χ2n) is 7.67. The molecule has 10 nitrogen and oxygen atoms in total. The zero-order chi connectivity index (χ0) is 23.3. The van der Waals surface area contributed by atoms with Gasteiger partial charge in [0.1, 0.15) is 5.41 Å². The summed E-state index contributed by atoms with van der Waals surface area (Å²) in [7, 11) is -5.16. The van der Waals surface area contributed by atoms with Crippen molar-refractivity contribution in [1.29, 1.82) is 0 Å². The minimum atomic E-state index is -3.45. The van der Waals surface area contributed by atoms with Crippen LogP contribution >= 0.6 is 0 Å². The van der Waals surface area contributed by atoms with Gasteiger partial charge in [-0.15, -0.1) is 0 Å². The Labute approximate surface area is 185 Å². The number of amides is 1. The number of nitrogens with zero attached hydrogens (tertiary/aromatic N) is 2. The van der Waals surface area contributed by atoms with Gasteiger partial charge in [0.25, 0.3) is 0 Å². The normalized spacial score (nSPS) is 15.2. The number of rotatable bonds is 6. The van der Waals surface area contributed by atoms with Gasteiger partial charge >= 0.3 is 0 Å². The molecule has 2 aromatic carbocycles. The van der Waals surface area contributed by atoms with E-state index in [0.29, 0.717) is 33.9 Å². The van der Waals surface area contributed by atoms with Crippen molar-refractivity contribution in [3.63, 3.8) is 0 Å². The van der Waals surface area contributed by atoms with Crippen molar-refractivity contribution in [2.24, 2.45) is 7.05 Å². The number of nitrogens with one attached hydrogen (secondary N) is 3. The molecular formula is C20H21N5O5S2. The number of hydrogen-bond acceptors (Lipinski definition) is 6. The van der Waals surface area contributed by atoms with E-state index in [0.717, 1.165) is 12.5 Å². The van der Waals surface area contributed by atoms with Crippen molar-refractivity contribution >= 4 is 43.1 Å². The maximum absolute atomic E-state index is 13.4. The molecule has 1 amide bonds. The third-order valence-electron chi connectivity index (χ3n) is 5.05. The van der Waals surface area contributed by atoms with Gasteiger partial charge in [-0.3, -0.25) is 18.9 Å². The fraction of sp³-hybridized carbons (Fsp3) is 0.200. The van der Waals surface area contributed by atoms with Gasteiger partial charge in [0, 0.05) is 30.2 Å². The van der Waals surface area contributed by atoms with Gasteiger partial charge in [0.15, 0.2) is 5.82 Å². The number of fused-ring (bicyclic) bond motifs is 1. The summed E-state index contributed by atoms with van der Waals surface area (Å²) in [4.78, 5) is 13.4. The molecule has 1 aromatic heterocycles. The number of anilines is 3. The number of hydrogen-bond donors (Lipinski definition) is 3. The van der Waals surface area contributed by atoms with Crippen molar-refractivity contribution in [1.82, 2.24) is 9.78 Å². The second kappa shape index (κ2) is 7.35. The molecule has 0 saturated carbocycles. The van der Waals surface area contributed by atoms with Crippen LogP contribution in [0, 0.1) is 0 Å². The van der Waals surface area contributed by atoms with Crippen molar-refractivity contribution in [3.8, 4) is 0 Å². The zero-order valence-electron chi connectivity index (χ0n) is 17.4. The first-order valence-electron chi connectivity index (χ1n) is 9.41. The average molecular weight is 476 g/mol. The second-order valence-corrected chi connectivity index (χ2v) is 11.2. The van der Waals surface area contributed by atoms with Crippen molar-refractivity contribution in [2.45, 2.75) is 5.41 Å². The van der Waals surface area contributed by atoms with Crippen molar-refractivity contribution < 1.29 is 21.6 Å². The van der Waals surface area contributed by atoms with Gasteiger partial charge in [0.05, 0.1) is 12.5 Å². The minimum absolute atomic E-state index is 0.316. The Balaban J connectivity index is 1.87. The molecule has 1 aliphatic heterocycles. The number of aryl methyl sites for hydroxylation is 1. The Morgan fingerprint density at radius 2 is 1.28 bits per heavy atom. The summed E-state index contributed by atoms with van der Waals surface area (Å²) in [5.74, 6) is 0.109. The molecule has 0 aliphatic carbocycles. The smallest absolute Gasteiger partial charge is 0.245 e. The molecule has 0 radical (unpaired) electrons. The highest BCUT2D eigenvalue weighted by Gasteiger charge is 2.51. The standard InChI is InChI=1S/C20H21N5O5S2/c1-25-12-17-18(22-25)21-19(26)20(17,13-4-8-15(9-5-13)23-31(2,27)28)14-6-10-16(11-7-14)24-32(3,29)30/h4-12,23-24H,1-3H3,(H,21,22,26). The largest absolute Gasteiger partial charge is 0.308 e. The van der Waals surface area contributed by atoms with Gasteiger partial charge in [-0.1, -0.05) is 24.3 Å². The molecule has 12 heteroatoms. The SMILES string of the molecule is Cn1cc2c(n1)NC(=O)C2(c1ccc(NS(C)(=O)=O)cc1)c1ccc(NS(C)(=O)=O)cc1. The van der Waals surface area contributed by atoms with Gasteiger partial charge in [-0.25, -0.2) is 16.8 Å². The number of sulfonamides is 2. The summed E-state index contributed by atoms with van der Waals surface area (Å²) in [6.07, 6.45) is 3.86. The van der Waals surface area contributed by atoms with E-state index in [1.165, 1.54) is 0 Å². The number of carbonyl (C=O) groups is 1. The van der Waals surface area contributed by atoms with Crippen LogP contribution < -0.4 is 14.8 Å². The van der Waals surface area contributed by atoms with E-state index in [2.05, 4.69) is 19.9 Å². The Hall–Kier alpha value is -3.38. The summed E-state index contributed by atoms with van der Waals surface area (Å²) in [5, 5.41) is 7.14. The first kappa shape index (κ1) is 21.8. The molecule has 168 valence electrons. The average Bonchev–Trinajstić information content (AvgIpc) is 3.14. The van der Waals surface area contributed by atoms with E-state index in [1.807, 2.05) is 0 Å². The summed E-state index contributed by atoms with van der Waals surface area (Å²) in [6.45, 7) is 0. The van der Waals surface area contributed by atoms with Gasteiger partial charge in [-0.05, 0) is 35.4 Å². The first-order valence-corrected chi connectivity index (χ1v) is 13.2. The highest BCUT2D eigenvalue weighted by atomic mass is 32.2. The third kappa shape index (κ3) is 3.94. The van der Waals surface area contributed by atoms with Gasteiger partial charge < -0.3 is 5.32 Å². The topological polar surface area (TPSA) is 139 Å². The molecule has 2 heterocycles. The lowest BCUT2D eigenvalue weighted by atomic mass is 9.71. The molecule has 0 saturated heterocycles. The van der Waals surface area contributed by atoms with Crippen LogP contribution in [0.25, 0.3) is 0 Å². The lowest BCUT2D eigenvalue weighted by molar-refractivity contribution is -0.118. The zero-order valence-corrected chi connectivity index (χ0v) is 19.1. The molecule has 3 N–H and O–H groups in total. The van der Waals surface area contributed by atoms with E-state index in [-0.39, 0.29) is 5.91 Å². The Morgan fingerprint density at radius 3 is 1.69 bits per heavy atom. The van der Waals surface area contributed by atoms with Crippen LogP contribution in [0.15, 0.2) is 54.7 Å². The van der Waals surface area contributed by atoms with E-state index in [4.69, 9.17) is 0 Å². The lowest BCUT2D eigenvalue weighted by Crippen LogP contribution is -2.37. The third-order valence-corrected chi connectivity index (χ3v) is 6.26. The Morgan fingerprint density at radius 1 is 0.844 bits per heavy atom. The molecule has 0 bridgehead atoms. The van der Waals surface area contributed by atoms with Crippen LogP contribution in [0.1, 0.15) is 16.7 Å². The van der Waals surface area contributed by atoms with Crippen LogP contribution in [0.2, 0.25) is 0 Å². The molecule has 4 rings (SSSR count). The molecule has 1 aliphatic rings. The minimum Gasteiger partial charge on any atom is -0.308 e. The van der Waals surface area contributed by atoms with Gasteiger partial charge in [0.2, 0.25) is 26.0 Å². The van der Waals surface area contributed by atoms with Crippen molar-refractivity contribution in [2.75, 3.05) is 27.3 Å². The Kier molecular flexibility index (Phi) is 5.01. The highest BCUT2D eigenvalue weighted by molar-refractivity contribution is 7.92. The highest BCUT2D eigenvalue weighted by Crippen LogP contribution is 2.47. The maximum Gasteiger partial charge on any atom is 0.245 e. The van der Waals surface area contributed by atoms with Crippen LogP contribution in [0.3, 0.4) is 0 Å². The van der Waals surface area contributed by atoms with E-state index in [9.17, 15) is 21.6 Å². The quantitative estimate of drug-likeness (QED) is 0.493. The molecule has 3 aromatic rings. The summed E-state index contributed by atoms with van der Waals surface area (Å²) in [6, 6.07) is 13.0. The molecule has 0 atom stereocenters. The Bertz CT molecular complexity index is 1330. The fourth-order valence-corrected chi connectivity index (χ4v) is 5.05. The van der Waals surface area contributed by atoms with E-state index < -0.39 is 25.5 Å². The summed E-state index contributed by atoms with van der Waals surface area (Å²) in [5.41, 5.74) is 1.32. The predicted molar refractivity (Wildman–Crippen MR) is 122 cm³/mol. The molecular weight excluding hydrogens is 454 g/mol. The summed E-state index contributed by atoms with van der Waals surface area (Å²) >= 11 is 0. The van der Waals surface area contributed by atoms with Crippen LogP contribution in [-0.4, -0.2) is 45.0 Å². The fourth-order valence-electron chi connectivity index (χ4n) is 3.92. The molecule has 0 unspecified atom stereocenters. The molecule has 0 fully saturated rings. The van der Waals surface area contributed by atoms with Crippen LogP contribution in [0.5, 0.6) is 0 Å². The number of benzene rings is 2. The number of aromatic nitrogens is 2.